The lowest BCUT2D eigenvalue weighted by Gasteiger charge is -2.37. The number of aromatic nitrogens is 3. The van der Waals surface area contributed by atoms with E-state index in [-0.39, 0.29) is 11.9 Å². The van der Waals surface area contributed by atoms with Gasteiger partial charge in [0, 0.05) is 31.6 Å². The van der Waals surface area contributed by atoms with Crippen LogP contribution in [0.1, 0.15) is 23.6 Å². The normalized spacial score (nSPS) is 18.8. The van der Waals surface area contributed by atoms with Crippen molar-refractivity contribution in [2.45, 2.75) is 30.2 Å². The molecule has 9 heteroatoms. The zero-order valence-electron chi connectivity index (χ0n) is 16.8. The van der Waals surface area contributed by atoms with Gasteiger partial charge < -0.3 is 4.90 Å². The van der Waals surface area contributed by atoms with Gasteiger partial charge in [0.15, 0.2) is 0 Å². The highest BCUT2D eigenvalue weighted by atomic mass is 32.2. The van der Waals surface area contributed by atoms with Crippen LogP contribution < -0.4 is 4.90 Å². The first-order chi connectivity index (χ1) is 15.0. The molecule has 3 aromatic rings. The van der Waals surface area contributed by atoms with Crippen LogP contribution in [0, 0.1) is 0 Å². The minimum absolute atomic E-state index is 0.0272. The van der Waals surface area contributed by atoms with Crippen molar-refractivity contribution >= 4 is 21.6 Å². The number of aryl methyl sites for hydroxylation is 1. The molecule has 0 spiro atoms. The van der Waals surface area contributed by atoms with E-state index < -0.39 is 10.0 Å². The first-order valence-corrected chi connectivity index (χ1v) is 11.9. The van der Waals surface area contributed by atoms with Crippen LogP contribution in [0.5, 0.6) is 0 Å². The first-order valence-electron chi connectivity index (χ1n) is 10.4. The molecule has 0 atom stereocenters. The molecule has 31 heavy (non-hydrogen) atoms. The third-order valence-electron chi connectivity index (χ3n) is 6.45. The van der Waals surface area contributed by atoms with Gasteiger partial charge in [0.05, 0.1) is 22.8 Å². The number of benzene rings is 2. The highest BCUT2D eigenvalue weighted by Crippen LogP contribution is 2.39. The van der Waals surface area contributed by atoms with Gasteiger partial charge in [0.25, 0.3) is 0 Å². The Hall–Kier alpha value is -3.04. The number of rotatable bonds is 4. The van der Waals surface area contributed by atoms with Gasteiger partial charge >= 0.3 is 0 Å². The van der Waals surface area contributed by atoms with Crippen molar-refractivity contribution in [1.29, 1.82) is 0 Å². The second-order valence-corrected chi connectivity index (χ2v) is 10.2. The monoisotopic (exact) mass is 435 g/mol. The number of carbonyl (C=O) groups excluding carboxylic acids is 1. The predicted molar refractivity (Wildman–Crippen MR) is 114 cm³/mol. The number of amides is 1. The maximum atomic E-state index is 13.2. The van der Waals surface area contributed by atoms with Crippen LogP contribution in [0.25, 0.3) is 11.3 Å². The van der Waals surface area contributed by atoms with Gasteiger partial charge in [-0.25, -0.2) is 13.1 Å². The molecule has 1 aromatic heterocycles. The SMILES string of the molecule is O=C1CCc2cc(S(=O)(=O)N3CC(n4cc(-c5ccccc5)nn4)C3)cc3c2N1CC3. The predicted octanol–water partition coefficient (Wildman–Crippen LogP) is 2.03. The summed E-state index contributed by atoms with van der Waals surface area (Å²) < 4.78 is 29.8. The molecular weight excluding hydrogens is 414 g/mol. The third kappa shape index (κ3) is 2.91. The molecule has 1 saturated heterocycles. The van der Waals surface area contributed by atoms with Gasteiger partial charge in [-0.05, 0) is 36.1 Å². The Bertz CT molecular complexity index is 1300. The zero-order chi connectivity index (χ0) is 21.2. The molecule has 8 nitrogen and oxygen atoms in total. The lowest BCUT2D eigenvalue weighted by molar-refractivity contribution is -0.118. The average molecular weight is 436 g/mol. The molecule has 0 bridgehead atoms. The fourth-order valence-corrected chi connectivity index (χ4v) is 6.32. The topological polar surface area (TPSA) is 88.4 Å². The van der Waals surface area contributed by atoms with Crippen LogP contribution in [0.4, 0.5) is 5.69 Å². The van der Waals surface area contributed by atoms with Crippen molar-refractivity contribution in [2.24, 2.45) is 0 Å². The lowest BCUT2D eigenvalue weighted by atomic mass is 10.00. The number of sulfonamides is 1. The smallest absolute Gasteiger partial charge is 0.243 e. The van der Waals surface area contributed by atoms with E-state index in [0.29, 0.717) is 43.8 Å². The summed E-state index contributed by atoms with van der Waals surface area (Å²) in [6, 6.07) is 13.3. The second-order valence-electron chi connectivity index (χ2n) is 8.31. The van der Waals surface area contributed by atoms with Crippen molar-refractivity contribution < 1.29 is 13.2 Å². The molecule has 2 aromatic carbocycles. The molecule has 6 rings (SSSR count). The van der Waals surface area contributed by atoms with Crippen molar-refractivity contribution in [3.63, 3.8) is 0 Å². The van der Waals surface area contributed by atoms with Crippen molar-refractivity contribution in [3.05, 3.63) is 59.8 Å². The van der Waals surface area contributed by atoms with Crippen LogP contribution >= 0.6 is 0 Å². The minimum atomic E-state index is -3.58. The first kappa shape index (κ1) is 18.7. The summed E-state index contributed by atoms with van der Waals surface area (Å²) in [5, 5.41) is 8.44. The van der Waals surface area contributed by atoms with E-state index >= 15 is 0 Å². The summed E-state index contributed by atoms with van der Waals surface area (Å²) in [4.78, 5) is 14.3. The van der Waals surface area contributed by atoms with Gasteiger partial charge in [0.2, 0.25) is 15.9 Å². The molecule has 3 aliphatic heterocycles. The van der Waals surface area contributed by atoms with Crippen molar-refractivity contribution in [1.82, 2.24) is 19.3 Å². The van der Waals surface area contributed by atoms with Gasteiger partial charge in [0.1, 0.15) is 5.69 Å². The minimum Gasteiger partial charge on any atom is -0.312 e. The van der Waals surface area contributed by atoms with Gasteiger partial charge in [-0.15, -0.1) is 5.10 Å². The van der Waals surface area contributed by atoms with Gasteiger partial charge in [-0.1, -0.05) is 35.5 Å². The van der Waals surface area contributed by atoms with Gasteiger partial charge in [-0.3, -0.25) is 4.79 Å². The van der Waals surface area contributed by atoms with Crippen LogP contribution in [0.15, 0.2) is 53.6 Å². The Balaban J connectivity index is 1.22. The van der Waals surface area contributed by atoms with E-state index in [1.54, 1.807) is 21.7 Å². The van der Waals surface area contributed by atoms with Gasteiger partial charge in [-0.2, -0.15) is 4.31 Å². The standard InChI is InChI=1S/C22H21N5O3S/c28-21-7-6-16-10-19(11-17-8-9-26(21)22(16)17)31(29,30)25-12-18(13-25)27-14-20(23-24-27)15-4-2-1-3-5-15/h1-5,10-11,14,18H,6-9,12-13H2. The summed E-state index contributed by atoms with van der Waals surface area (Å²) in [5.74, 6) is 0.134. The Labute approximate surface area is 180 Å². The van der Waals surface area contributed by atoms with E-state index in [2.05, 4.69) is 10.3 Å². The number of nitrogens with zero attached hydrogens (tertiary/aromatic N) is 5. The molecule has 0 unspecified atom stereocenters. The van der Waals surface area contributed by atoms with E-state index in [0.717, 1.165) is 28.1 Å². The quantitative estimate of drug-likeness (QED) is 0.626. The molecule has 4 heterocycles. The summed E-state index contributed by atoms with van der Waals surface area (Å²) in [6.45, 7) is 1.39. The Morgan fingerprint density at radius 3 is 2.48 bits per heavy atom. The highest BCUT2D eigenvalue weighted by molar-refractivity contribution is 7.89. The van der Waals surface area contributed by atoms with Crippen molar-refractivity contribution in [3.8, 4) is 11.3 Å². The Kier molecular flexibility index (Phi) is 4.06. The fraction of sp³-hybridized carbons (Fsp3) is 0.318. The molecule has 0 saturated carbocycles. The summed E-state index contributed by atoms with van der Waals surface area (Å²) >= 11 is 0. The zero-order valence-corrected chi connectivity index (χ0v) is 17.6. The van der Waals surface area contributed by atoms with Crippen LogP contribution in [-0.2, 0) is 27.7 Å². The maximum Gasteiger partial charge on any atom is 0.243 e. The molecule has 0 aliphatic carbocycles. The third-order valence-corrected chi connectivity index (χ3v) is 8.26. The Morgan fingerprint density at radius 2 is 1.71 bits per heavy atom. The van der Waals surface area contributed by atoms with E-state index in [4.69, 9.17) is 0 Å². The lowest BCUT2D eigenvalue weighted by Crippen LogP contribution is -2.50. The molecule has 1 amide bonds. The van der Waals surface area contributed by atoms with Crippen LogP contribution in [0.2, 0.25) is 0 Å². The van der Waals surface area contributed by atoms with Crippen LogP contribution in [0.3, 0.4) is 0 Å². The van der Waals surface area contributed by atoms with Crippen molar-refractivity contribution in [2.75, 3.05) is 24.5 Å². The van der Waals surface area contributed by atoms with Crippen LogP contribution in [-0.4, -0.2) is 53.3 Å². The second kappa shape index (κ2) is 6.73. The molecule has 158 valence electrons. The average Bonchev–Trinajstić information content (AvgIpc) is 3.39. The highest BCUT2D eigenvalue weighted by Gasteiger charge is 2.40. The summed E-state index contributed by atoms with van der Waals surface area (Å²) in [5.41, 5.74) is 4.63. The number of anilines is 1. The summed E-state index contributed by atoms with van der Waals surface area (Å²) in [6.07, 6.45) is 3.62. The molecular formula is C22H21N5O3S. The molecule has 0 N–H and O–H groups in total. The number of hydrogen-bond acceptors (Lipinski definition) is 5. The molecule has 3 aliphatic rings. The molecule has 1 fully saturated rings. The maximum absolute atomic E-state index is 13.2. The van der Waals surface area contributed by atoms with E-state index in [1.807, 2.05) is 36.5 Å². The Morgan fingerprint density at radius 1 is 0.968 bits per heavy atom. The largest absolute Gasteiger partial charge is 0.312 e. The summed E-state index contributed by atoms with van der Waals surface area (Å²) in [7, 11) is -3.58. The molecule has 0 radical (unpaired) electrons. The fourth-order valence-electron chi connectivity index (χ4n) is 4.70. The number of hydrogen-bond donors (Lipinski definition) is 0. The van der Waals surface area contributed by atoms with E-state index in [9.17, 15) is 13.2 Å². The van der Waals surface area contributed by atoms with E-state index in [1.165, 1.54) is 4.31 Å². The number of carbonyl (C=O) groups is 1.